The van der Waals surface area contributed by atoms with E-state index in [4.69, 9.17) is 11.6 Å². The number of hydrogen-bond acceptors (Lipinski definition) is 3. The highest BCUT2D eigenvalue weighted by Gasteiger charge is 1.97. The van der Waals surface area contributed by atoms with Gasteiger partial charge in [-0.15, -0.1) is 0 Å². The fourth-order valence-electron chi connectivity index (χ4n) is 0.582. The number of thioether (sulfide) groups is 1. The van der Waals surface area contributed by atoms with E-state index < -0.39 is 0 Å². The van der Waals surface area contributed by atoms with Crippen molar-refractivity contribution in [2.24, 2.45) is 0 Å². The molecule has 0 aromatic carbocycles. The van der Waals surface area contributed by atoms with E-state index in [-0.39, 0.29) is 10.4 Å². The summed E-state index contributed by atoms with van der Waals surface area (Å²) in [6.45, 7) is 1.54. The normalized spacial score (nSPS) is 9.64. The van der Waals surface area contributed by atoms with Crippen LogP contribution < -0.4 is 0 Å². The highest BCUT2D eigenvalue weighted by atomic mass is 35.5. The van der Waals surface area contributed by atoms with Crippen LogP contribution in [0, 0.1) is 0 Å². The minimum absolute atomic E-state index is 0.127. The summed E-state index contributed by atoms with van der Waals surface area (Å²) in [4.78, 5) is 20.6. The summed E-state index contributed by atoms with van der Waals surface area (Å²) < 4.78 is 0. The van der Waals surface area contributed by atoms with Crippen molar-refractivity contribution in [3.63, 3.8) is 0 Å². The van der Waals surface area contributed by atoms with Crippen molar-refractivity contribution in [3.8, 4) is 0 Å². The van der Waals surface area contributed by atoms with E-state index in [1.54, 1.807) is 0 Å². The first-order valence-corrected chi connectivity index (χ1v) is 4.81. The number of hydrogen-bond donors (Lipinski definition) is 0. The largest absolute Gasteiger partial charge is 0.288 e. The number of carbonyl (C=O) groups is 2. The fourth-order valence-corrected chi connectivity index (χ4v) is 1.35. The molecule has 0 aromatic rings. The predicted octanol–water partition coefficient (Wildman–Crippen LogP) is 2.20. The van der Waals surface area contributed by atoms with Gasteiger partial charge in [0, 0.05) is 19.1 Å². The summed E-state index contributed by atoms with van der Waals surface area (Å²) in [6.07, 6.45) is 2.07. The van der Waals surface area contributed by atoms with E-state index in [0.29, 0.717) is 6.42 Å². The predicted molar refractivity (Wildman–Crippen MR) is 47.9 cm³/mol. The molecule has 0 fully saturated rings. The van der Waals surface area contributed by atoms with Crippen molar-refractivity contribution in [3.05, 3.63) is 0 Å². The van der Waals surface area contributed by atoms with Gasteiger partial charge in [-0.1, -0.05) is 11.8 Å². The average Bonchev–Trinajstić information content (AvgIpc) is 1.85. The van der Waals surface area contributed by atoms with Crippen molar-refractivity contribution in [1.29, 1.82) is 0 Å². The first-order chi connectivity index (χ1) is 5.13. The van der Waals surface area contributed by atoms with Crippen molar-refractivity contribution in [2.45, 2.75) is 26.2 Å². The molecule has 0 heterocycles. The lowest BCUT2D eigenvalue weighted by molar-refractivity contribution is -0.111. The zero-order valence-corrected chi connectivity index (χ0v) is 8.00. The molecule has 0 N–H and O–H groups in total. The lowest BCUT2D eigenvalue weighted by Crippen LogP contribution is -1.89. The highest BCUT2D eigenvalue weighted by Crippen LogP contribution is 2.07. The molecule has 0 aliphatic carbocycles. The molecule has 2 nitrogen and oxygen atoms in total. The monoisotopic (exact) mass is 194 g/mol. The summed E-state index contributed by atoms with van der Waals surface area (Å²) >= 11 is 6.40. The first kappa shape index (κ1) is 11.0. The van der Waals surface area contributed by atoms with Gasteiger partial charge in [0.15, 0.2) is 5.12 Å². The van der Waals surface area contributed by atoms with Crippen LogP contribution in [0.1, 0.15) is 26.2 Å². The van der Waals surface area contributed by atoms with Crippen molar-refractivity contribution in [2.75, 3.05) is 5.75 Å². The summed E-state index contributed by atoms with van der Waals surface area (Å²) in [6, 6.07) is 0. The minimum atomic E-state index is -0.294. The Labute approximate surface area is 75.7 Å². The molecule has 64 valence electrons. The molecule has 0 aliphatic heterocycles. The maximum atomic E-state index is 10.4. The van der Waals surface area contributed by atoms with Gasteiger partial charge in [0.05, 0.1) is 0 Å². The standard InChI is InChI=1S/C7H11ClO2S/c1-6(9)11-5-3-2-4-7(8)10/h2-5H2,1H3. The molecule has 4 heteroatoms. The lowest BCUT2D eigenvalue weighted by Gasteiger charge is -1.94. The van der Waals surface area contributed by atoms with Gasteiger partial charge in [0.2, 0.25) is 5.24 Å². The Bertz CT molecular complexity index is 131. The summed E-state index contributed by atoms with van der Waals surface area (Å²) in [5, 5.41) is -0.167. The Hall–Kier alpha value is -0.0200. The van der Waals surface area contributed by atoms with E-state index in [0.717, 1.165) is 18.6 Å². The Morgan fingerprint density at radius 2 is 2.00 bits per heavy atom. The summed E-state index contributed by atoms with van der Waals surface area (Å²) in [5.41, 5.74) is 0. The van der Waals surface area contributed by atoms with Gasteiger partial charge < -0.3 is 0 Å². The van der Waals surface area contributed by atoms with Gasteiger partial charge >= 0.3 is 0 Å². The van der Waals surface area contributed by atoms with Crippen molar-refractivity contribution >= 4 is 33.7 Å². The Morgan fingerprint density at radius 1 is 1.36 bits per heavy atom. The van der Waals surface area contributed by atoms with Crippen molar-refractivity contribution < 1.29 is 9.59 Å². The van der Waals surface area contributed by atoms with Crippen LogP contribution in [-0.4, -0.2) is 16.1 Å². The first-order valence-electron chi connectivity index (χ1n) is 3.44. The smallest absolute Gasteiger partial charge is 0.221 e. The second-order valence-electron chi connectivity index (χ2n) is 2.15. The van der Waals surface area contributed by atoms with Crippen LogP contribution in [0.5, 0.6) is 0 Å². The topological polar surface area (TPSA) is 34.1 Å². The third-order valence-corrected chi connectivity index (χ3v) is 2.16. The van der Waals surface area contributed by atoms with Gasteiger partial charge in [-0.2, -0.15) is 0 Å². The zero-order valence-electron chi connectivity index (χ0n) is 6.43. The Balaban J connectivity index is 3.03. The zero-order chi connectivity index (χ0) is 8.69. The van der Waals surface area contributed by atoms with Gasteiger partial charge in [-0.3, -0.25) is 9.59 Å². The molecule has 0 spiro atoms. The van der Waals surface area contributed by atoms with Crippen LogP contribution in [0.4, 0.5) is 0 Å². The van der Waals surface area contributed by atoms with Crippen LogP contribution >= 0.6 is 23.4 Å². The summed E-state index contributed by atoms with van der Waals surface area (Å²) in [5.74, 6) is 0.791. The minimum Gasteiger partial charge on any atom is -0.288 e. The Kier molecular flexibility index (Phi) is 6.66. The third-order valence-electron chi connectivity index (χ3n) is 1.07. The highest BCUT2D eigenvalue weighted by molar-refractivity contribution is 8.13. The third kappa shape index (κ3) is 9.98. The van der Waals surface area contributed by atoms with Gasteiger partial charge in [-0.25, -0.2) is 0 Å². The molecule has 0 bridgehead atoms. The maximum Gasteiger partial charge on any atom is 0.221 e. The average molecular weight is 195 g/mol. The molecular formula is C7H11ClO2S. The molecule has 0 saturated carbocycles. The second kappa shape index (κ2) is 6.68. The maximum absolute atomic E-state index is 10.4. The van der Waals surface area contributed by atoms with Crippen LogP contribution in [0.25, 0.3) is 0 Å². The Morgan fingerprint density at radius 3 is 2.45 bits per heavy atom. The van der Waals surface area contributed by atoms with Crippen molar-refractivity contribution in [1.82, 2.24) is 0 Å². The number of carbonyl (C=O) groups excluding carboxylic acids is 2. The van der Waals surface area contributed by atoms with E-state index in [1.807, 2.05) is 0 Å². The molecule has 11 heavy (non-hydrogen) atoms. The van der Waals surface area contributed by atoms with Gasteiger partial charge in [-0.05, 0) is 24.4 Å². The van der Waals surface area contributed by atoms with E-state index >= 15 is 0 Å². The fraction of sp³-hybridized carbons (Fsp3) is 0.714. The van der Waals surface area contributed by atoms with Gasteiger partial charge in [0.25, 0.3) is 0 Å². The second-order valence-corrected chi connectivity index (χ2v) is 3.85. The lowest BCUT2D eigenvalue weighted by atomic mass is 10.3. The SMILES string of the molecule is CC(=O)SCCCCC(=O)Cl. The molecular weight excluding hydrogens is 184 g/mol. The molecule has 0 atom stereocenters. The molecule has 0 amide bonds. The molecule has 0 saturated heterocycles. The number of unbranched alkanes of at least 4 members (excludes halogenated alkanes) is 1. The molecule has 0 rings (SSSR count). The van der Waals surface area contributed by atoms with Crippen LogP contribution in [0.3, 0.4) is 0 Å². The van der Waals surface area contributed by atoms with E-state index in [9.17, 15) is 9.59 Å². The van der Waals surface area contributed by atoms with Crippen LogP contribution in [-0.2, 0) is 9.59 Å². The molecule has 0 radical (unpaired) electrons. The quantitative estimate of drug-likeness (QED) is 0.497. The van der Waals surface area contributed by atoms with Crippen LogP contribution in [0.15, 0.2) is 0 Å². The number of rotatable bonds is 5. The van der Waals surface area contributed by atoms with E-state index in [1.165, 1.54) is 18.7 Å². The molecule has 0 aliphatic rings. The molecule has 0 unspecified atom stereocenters. The molecule has 0 aromatic heterocycles. The van der Waals surface area contributed by atoms with Gasteiger partial charge in [0.1, 0.15) is 0 Å². The van der Waals surface area contributed by atoms with E-state index in [2.05, 4.69) is 0 Å². The number of halogens is 1. The summed E-state index contributed by atoms with van der Waals surface area (Å²) in [7, 11) is 0. The van der Waals surface area contributed by atoms with Crippen LogP contribution in [0.2, 0.25) is 0 Å².